The summed E-state index contributed by atoms with van der Waals surface area (Å²) in [4.78, 5) is 36.6. The van der Waals surface area contributed by atoms with Crippen molar-refractivity contribution in [3.8, 4) is 0 Å². The highest BCUT2D eigenvalue weighted by Gasteiger charge is 2.23. The summed E-state index contributed by atoms with van der Waals surface area (Å²) in [7, 11) is 0. The number of rotatable bonds is 7. The Morgan fingerprint density at radius 3 is 2.43 bits per heavy atom. The van der Waals surface area contributed by atoms with Crippen LogP contribution in [0.25, 0.3) is 0 Å². The van der Waals surface area contributed by atoms with Gasteiger partial charge in [0.05, 0.1) is 12.6 Å². The second-order valence-electron chi connectivity index (χ2n) is 5.49. The number of hydrogen-bond donors (Lipinski definition) is 3. The van der Waals surface area contributed by atoms with Crippen LogP contribution in [0.5, 0.6) is 0 Å². The number of benzene rings is 1. The molecule has 2 rings (SSSR count). The maximum absolute atomic E-state index is 12.2. The van der Waals surface area contributed by atoms with Crippen LogP contribution in [0.15, 0.2) is 30.3 Å². The normalized spacial score (nSPS) is 16.5. The van der Waals surface area contributed by atoms with Crippen molar-refractivity contribution in [3.63, 3.8) is 0 Å². The second-order valence-corrected chi connectivity index (χ2v) is 5.49. The molecule has 1 aliphatic heterocycles. The van der Waals surface area contributed by atoms with E-state index in [-0.39, 0.29) is 18.9 Å². The summed E-state index contributed by atoms with van der Waals surface area (Å²) < 4.78 is 0. The molecule has 1 aromatic carbocycles. The fourth-order valence-corrected chi connectivity index (χ4v) is 2.52. The van der Waals surface area contributed by atoms with Crippen LogP contribution in [0.2, 0.25) is 0 Å². The highest BCUT2D eigenvalue weighted by molar-refractivity contribution is 6.32. The number of carbonyl (C=O) groups excluding carboxylic acids is 2. The van der Waals surface area contributed by atoms with Crippen LogP contribution in [0.3, 0.4) is 0 Å². The first-order valence-electron chi connectivity index (χ1n) is 7.60. The third-order valence-electron chi connectivity index (χ3n) is 3.74. The SMILES string of the molecule is O=C(CN1CCNCC1)NC(CC(=O)C(=O)O)c1ccccc1. The maximum atomic E-state index is 12.2. The Hall–Kier alpha value is -2.25. The lowest BCUT2D eigenvalue weighted by atomic mass is 10.0. The standard InChI is InChI=1S/C16H21N3O4/c20-14(16(22)23)10-13(12-4-2-1-3-5-12)18-15(21)11-19-8-6-17-7-9-19/h1-5,13,17H,6-11H2,(H,18,21)(H,22,23). The zero-order valence-electron chi connectivity index (χ0n) is 12.8. The number of amides is 1. The van der Waals surface area contributed by atoms with Gasteiger partial charge >= 0.3 is 5.97 Å². The van der Waals surface area contributed by atoms with E-state index in [0.717, 1.165) is 31.7 Å². The summed E-state index contributed by atoms with van der Waals surface area (Å²) in [6, 6.07) is 8.31. The quantitative estimate of drug-likeness (QED) is 0.602. The molecule has 1 atom stereocenters. The Labute approximate surface area is 134 Å². The van der Waals surface area contributed by atoms with Crippen molar-refractivity contribution < 1.29 is 19.5 Å². The van der Waals surface area contributed by atoms with Crippen LogP contribution >= 0.6 is 0 Å². The van der Waals surface area contributed by atoms with E-state index in [1.54, 1.807) is 24.3 Å². The molecule has 1 aromatic rings. The second kappa shape index (κ2) is 8.40. The van der Waals surface area contributed by atoms with Gasteiger partial charge in [0.25, 0.3) is 0 Å². The summed E-state index contributed by atoms with van der Waals surface area (Å²) in [5.41, 5.74) is 0.718. The van der Waals surface area contributed by atoms with Crippen LogP contribution < -0.4 is 10.6 Å². The molecule has 1 amide bonds. The molecule has 1 saturated heterocycles. The fourth-order valence-electron chi connectivity index (χ4n) is 2.52. The van der Waals surface area contributed by atoms with Gasteiger partial charge in [-0.15, -0.1) is 0 Å². The maximum Gasteiger partial charge on any atom is 0.372 e. The molecule has 7 nitrogen and oxygen atoms in total. The topological polar surface area (TPSA) is 98.7 Å². The molecule has 1 unspecified atom stereocenters. The number of carboxylic acid groups (broad SMARTS) is 1. The van der Waals surface area contributed by atoms with E-state index in [1.807, 2.05) is 11.0 Å². The van der Waals surface area contributed by atoms with Crippen molar-refractivity contribution in [1.82, 2.24) is 15.5 Å². The fraction of sp³-hybridized carbons (Fsp3) is 0.438. The lowest BCUT2D eigenvalue weighted by molar-refractivity contribution is -0.149. The van der Waals surface area contributed by atoms with Gasteiger partial charge in [0.2, 0.25) is 11.7 Å². The summed E-state index contributed by atoms with van der Waals surface area (Å²) in [6.45, 7) is 3.50. The number of nitrogens with one attached hydrogen (secondary N) is 2. The van der Waals surface area contributed by atoms with Gasteiger partial charge in [-0.25, -0.2) is 4.79 Å². The highest BCUT2D eigenvalue weighted by atomic mass is 16.4. The molecule has 0 saturated carbocycles. The van der Waals surface area contributed by atoms with E-state index in [1.165, 1.54) is 0 Å². The molecule has 1 heterocycles. The number of aliphatic carboxylic acids is 1. The average Bonchev–Trinajstić information content (AvgIpc) is 2.55. The monoisotopic (exact) mass is 319 g/mol. The van der Waals surface area contributed by atoms with Crippen molar-refractivity contribution in [2.75, 3.05) is 32.7 Å². The van der Waals surface area contributed by atoms with E-state index >= 15 is 0 Å². The van der Waals surface area contributed by atoms with E-state index in [2.05, 4.69) is 10.6 Å². The Balaban J connectivity index is 2.00. The van der Waals surface area contributed by atoms with Crippen molar-refractivity contribution in [3.05, 3.63) is 35.9 Å². The largest absolute Gasteiger partial charge is 0.475 e. The summed E-state index contributed by atoms with van der Waals surface area (Å²) >= 11 is 0. The molecule has 0 bridgehead atoms. The van der Waals surface area contributed by atoms with Gasteiger partial charge in [-0.2, -0.15) is 0 Å². The predicted molar refractivity (Wildman–Crippen MR) is 83.9 cm³/mol. The third kappa shape index (κ3) is 5.46. The van der Waals surface area contributed by atoms with Gasteiger partial charge in [0, 0.05) is 32.6 Å². The Bertz CT molecular complexity index is 556. The van der Waals surface area contributed by atoms with Gasteiger partial charge in [-0.05, 0) is 5.56 Å². The molecule has 1 aliphatic rings. The first-order chi connectivity index (χ1) is 11.1. The average molecular weight is 319 g/mol. The van der Waals surface area contributed by atoms with Crippen LogP contribution in [-0.2, 0) is 14.4 Å². The van der Waals surface area contributed by atoms with Gasteiger partial charge in [-0.1, -0.05) is 30.3 Å². The zero-order valence-corrected chi connectivity index (χ0v) is 12.8. The molecular weight excluding hydrogens is 298 g/mol. The van der Waals surface area contributed by atoms with Crippen LogP contribution in [0.1, 0.15) is 18.0 Å². The molecule has 23 heavy (non-hydrogen) atoms. The van der Waals surface area contributed by atoms with E-state index in [0.29, 0.717) is 0 Å². The molecule has 7 heteroatoms. The van der Waals surface area contributed by atoms with E-state index < -0.39 is 17.8 Å². The number of carbonyl (C=O) groups is 3. The van der Waals surface area contributed by atoms with E-state index in [9.17, 15) is 14.4 Å². The number of nitrogens with zero attached hydrogens (tertiary/aromatic N) is 1. The number of Topliss-reactive ketones (excluding diaryl/α,β-unsaturated/α-hetero) is 1. The summed E-state index contributed by atoms with van der Waals surface area (Å²) in [5.74, 6) is -2.61. The van der Waals surface area contributed by atoms with E-state index in [4.69, 9.17) is 5.11 Å². The van der Waals surface area contributed by atoms with Crippen LogP contribution in [0.4, 0.5) is 0 Å². The molecule has 0 aromatic heterocycles. The minimum Gasteiger partial charge on any atom is -0.475 e. The minimum atomic E-state index is -1.48. The lowest BCUT2D eigenvalue weighted by Crippen LogP contribution is -2.48. The summed E-state index contributed by atoms with van der Waals surface area (Å²) in [5, 5.41) is 14.8. The number of ketones is 1. The van der Waals surface area contributed by atoms with Crippen LogP contribution in [-0.4, -0.2) is 60.4 Å². The molecule has 0 spiro atoms. The lowest BCUT2D eigenvalue weighted by Gasteiger charge is -2.27. The van der Waals surface area contributed by atoms with Gasteiger partial charge < -0.3 is 15.7 Å². The van der Waals surface area contributed by atoms with Crippen molar-refractivity contribution >= 4 is 17.7 Å². The zero-order chi connectivity index (χ0) is 16.7. The Morgan fingerprint density at radius 2 is 1.83 bits per heavy atom. The van der Waals surface area contributed by atoms with Crippen molar-refractivity contribution in [2.45, 2.75) is 12.5 Å². The number of carboxylic acids is 1. The predicted octanol–water partition coefficient (Wildman–Crippen LogP) is -0.207. The van der Waals surface area contributed by atoms with Gasteiger partial charge in [0.15, 0.2) is 0 Å². The molecular formula is C16H21N3O4. The Morgan fingerprint density at radius 1 is 1.17 bits per heavy atom. The van der Waals surface area contributed by atoms with Gasteiger partial charge in [0.1, 0.15) is 0 Å². The molecule has 0 aliphatic carbocycles. The molecule has 1 fully saturated rings. The number of hydrogen-bond acceptors (Lipinski definition) is 5. The van der Waals surface area contributed by atoms with Crippen molar-refractivity contribution in [2.24, 2.45) is 0 Å². The third-order valence-corrected chi connectivity index (χ3v) is 3.74. The first-order valence-corrected chi connectivity index (χ1v) is 7.60. The van der Waals surface area contributed by atoms with Gasteiger partial charge in [-0.3, -0.25) is 14.5 Å². The molecule has 124 valence electrons. The smallest absolute Gasteiger partial charge is 0.372 e. The minimum absolute atomic E-state index is 0.209. The Kier molecular flexibility index (Phi) is 6.25. The van der Waals surface area contributed by atoms with Crippen molar-refractivity contribution in [1.29, 1.82) is 0 Å². The van der Waals surface area contributed by atoms with Crippen LogP contribution in [0, 0.1) is 0 Å². The molecule has 0 radical (unpaired) electrons. The first kappa shape index (κ1) is 17.1. The molecule has 3 N–H and O–H groups in total. The highest BCUT2D eigenvalue weighted by Crippen LogP contribution is 2.17. The summed E-state index contributed by atoms with van der Waals surface area (Å²) in [6.07, 6.45) is -0.257. The number of piperazine rings is 1.